The van der Waals surface area contributed by atoms with E-state index in [2.05, 4.69) is 0 Å². The number of carboxylic acids is 2. The maximum atomic E-state index is 11.8. The minimum Gasteiger partial charge on any atom is -0.481 e. The van der Waals surface area contributed by atoms with Gasteiger partial charge in [-0.3, -0.25) is 13.2 Å². The molecule has 0 aliphatic carbocycles. The normalized spacial score (nSPS) is 17.7. The van der Waals surface area contributed by atoms with Gasteiger partial charge in [0.15, 0.2) is 11.8 Å². The first kappa shape index (κ1) is 18.7. The van der Waals surface area contributed by atoms with E-state index in [1.807, 2.05) is 0 Å². The highest BCUT2D eigenvalue weighted by Crippen LogP contribution is 2.73. The Morgan fingerprint density at radius 3 is 1.95 bits per heavy atom. The Kier molecular flexibility index (Phi) is 7.39. The number of aliphatic carboxylic acids is 2. The molecule has 3 unspecified atom stereocenters. The summed E-state index contributed by atoms with van der Waals surface area (Å²) >= 11 is 5.03. The van der Waals surface area contributed by atoms with Crippen molar-refractivity contribution in [3.8, 4) is 0 Å². The molecule has 0 aromatic heterocycles. The standard InChI is InChI=1S/C10H19O6PS2/c1-5-7(8(11)12)10(6-2,9(13)14)19(15-3,16-4)17-18/h7H,5-6H2,1-4H3,(H,11,12)(H,13,14)/p+1. The van der Waals surface area contributed by atoms with Gasteiger partial charge in [-0.05, 0) is 23.1 Å². The van der Waals surface area contributed by atoms with Gasteiger partial charge in [-0.2, -0.15) is 0 Å². The fourth-order valence-electron chi connectivity index (χ4n) is 2.25. The van der Waals surface area contributed by atoms with Gasteiger partial charge in [-0.15, -0.1) is 0 Å². The summed E-state index contributed by atoms with van der Waals surface area (Å²) in [6.07, 6.45) is 0.241. The fraction of sp³-hybridized carbons (Fsp3) is 0.800. The molecule has 0 aliphatic heterocycles. The summed E-state index contributed by atoms with van der Waals surface area (Å²) in [4.78, 5) is 23.3. The molecule has 112 valence electrons. The van der Waals surface area contributed by atoms with E-state index in [1.165, 1.54) is 14.2 Å². The molecule has 0 aliphatic rings. The Bertz CT molecular complexity index is 360. The number of carboxylic acid groups (broad SMARTS) is 2. The molecule has 9 heteroatoms. The van der Waals surface area contributed by atoms with Crippen molar-refractivity contribution in [1.82, 2.24) is 0 Å². The van der Waals surface area contributed by atoms with Crippen LogP contribution in [0.3, 0.4) is 0 Å². The average Bonchev–Trinajstić information content (AvgIpc) is 2.38. The van der Waals surface area contributed by atoms with Gasteiger partial charge < -0.3 is 10.2 Å². The van der Waals surface area contributed by atoms with Crippen LogP contribution in [0.4, 0.5) is 0 Å². The lowest BCUT2D eigenvalue weighted by Crippen LogP contribution is -2.51. The zero-order valence-electron chi connectivity index (χ0n) is 11.3. The molecular formula is C10H20O6PS2+. The second-order valence-electron chi connectivity index (χ2n) is 3.77. The van der Waals surface area contributed by atoms with Crippen molar-refractivity contribution in [3.05, 3.63) is 0 Å². The van der Waals surface area contributed by atoms with E-state index >= 15 is 0 Å². The van der Waals surface area contributed by atoms with Crippen LogP contribution in [0.15, 0.2) is 0 Å². The van der Waals surface area contributed by atoms with Crippen LogP contribution >= 0.6 is 16.8 Å². The van der Waals surface area contributed by atoms with E-state index < -0.39 is 32.8 Å². The monoisotopic (exact) mass is 331 g/mol. The molecule has 19 heavy (non-hydrogen) atoms. The minimum absolute atomic E-state index is 0.0772. The summed E-state index contributed by atoms with van der Waals surface area (Å²) in [7, 11) is -0.0171. The van der Waals surface area contributed by atoms with Crippen LogP contribution in [0.25, 0.3) is 0 Å². The Labute approximate surface area is 120 Å². The van der Waals surface area contributed by atoms with Crippen molar-refractivity contribution < 1.29 is 28.2 Å². The van der Waals surface area contributed by atoms with Crippen LogP contribution in [0.5, 0.6) is 0 Å². The maximum absolute atomic E-state index is 11.8. The lowest BCUT2D eigenvalue weighted by molar-refractivity contribution is -0.152. The van der Waals surface area contributed by atoms with Crippen LogP contribution < -0.4 is 0 Å². The fourth-order valence-corrected chi connectivity index (χ4v) is 9.06. The summed E-state index contributed by atoms with van der Waals surface area (Å²) in [6.45, 7) is 2.89. The van der Waals surface area contributed by atoms with Crippen molar-refractivity contribution in [2.24, 2.45) is 5.92 Å². The van der Waals surface area contributed by atoms with Gasteiger partial charge in [-0.1, -0.05) is 13.8 Å². The molecule has 0 amide bonds. The van der Waals surface area contributed by atoms with Crippen molar-refractivity contribution in [3.63, 3.8) is 0 Å². The van der Waals surface area contributed by atoms with Gasteiger partial charge in [0.2, 0.25) is 4.75 Å². The molecule has 0 aromatic carbocycles. The van der Waals surface area contributed by atoms with Crippen LogP contribution in [0.2, 0.25) is 0 Å². The molecule has 0 aromatic rings. The molecule has 0 spiro atoms. The lowest BCUT2D eigenvalue weighted by Gasteiger charge is -2.46. The smallest absolute Gasteiger partial charge is 0.334 e. The predicted molar refractivity (Wildman–Crippen MR) is 79.4 cm³/mol. The molecule has 3 atom stereocenters. The zero-order chi connectivity index (χ0) is 15.3. The first-order valence-corrected chi connectivity index (χ1v) is 9.96. The van der Waals surface area contributed by atoms with Crippen molar-refractivity contribution in [2.75, 3.05) is 14.2 Å². The number of hydrogen-bond acceptors (Lipinski definition) is 5. The average molecular weight is 331 g/mol. The Hall–Kier alpha value is -0.270. The molecular weight excluding hydrogens is 311 g/mol. The largest absolute Gasteiger partial charge is 0.481 e. The predicted octanol–water partition coefficient (Wildman–Crippen LogP) is 2.31. The molecule has 0 fully saturated rings. The second kappa shape index (κ2) is 7.50. The summed E-state index contributed by atoms with van der Waals surface area (Å²) in [5, 5.41) is 19.0. The third kappa shape index (κ3) is 2.92. The van der Waals surface area contributed by atoms with Crippen molar-refractivity contribution >= 4 is 40.5 Å². The number of rotatable bonds is 9. The SMILES string of the molecule is CCC(C(=O)O)C(CC)(C(=O)O)S(OC)(OC)[PH+]=S. The highest BCUT2D eigenvalue weighted by atomic mass is 32.9. The van der Waals surface area contributed by atoms with Crippen molar-refractivity contribution in [2.45, 2.75) is 31.4 Å². The van der Waals surface area contributed by atoms with Gasteiger partial charge >= 0.3 is 11.9 Å². The Morgan fingerprint density at radius 2 is 1.79 bits per heavy atom. The van der Waals surface area contributed by atoms with E-state index in [4.69, 9.17) is 20.2 Å². The molecule has 6 nitrogen and oxygen atoms in total. The third-order valence-electron chi connectivity index (χ3n) is 3.22. The zero-order valence-corrected chi connectivity index (χ0v) is 14.0. The van der Waals surface area contributed by atoms with E-state index in [0.29, 0.717) is 0 Å². The molecule has 0 rings (SSSR count). The van der Waals surface area contributed by atoms with E-state index in [-0.39, 0.29) is 19.4 Å². The summed E-state index contributed by atoms with van der Waals surface area (Å²) in [6, 6.07) is 0. The minimum atomic E-state index is -2.66. The van der Waals surface area contributed by atoms with Crippen LogP contribution in [0, 0.1) is 5.92 Å². The topological polar surface area (TPSA) is 93.1 Å². The van der Waals surface area contributed by atoms with Crippen LogP contribution in [-0.4, -0.2) is 41.1 Å². The van der Waals surface area contributed by atoms with E-state index in [1.54, 1.807) is 13.8 Å². The summed E-state index contributed by atoms with van der Waals surface area (Å²) in [5.74, 6) is -3.52. The number of carbonyl (C=O) groups is 2. The number of hydrogen-bond donors (Lipinski definition) is 2. The van der Waals surface area contributed by atoms with Gasteiger partial charge in [0.05, 0.1) is 20.1 Å². The van der Waals surface area contributed by atoms with Crippen LogP contribution in [-0.2, 0) is 29.8 Å². The molecule has 0 radical (unpaired) electrons. The van der Waals surface area contributed by atoms with Gasteiger partial charge in [0.1, 0.15) is 0 Å². The van der Waals surface area contributed by atoms with Crippen LogP contribution in [0.1, 0.15) is 26.7 Å². The second-order valence-corrected chi connectivity index (χ2v) is 9.95. The Morgan fingerprint density at radius 1 is 1.32 bits per heavy atom. The summed E-state index contributed by atoms with van der Waals surface area (Å²) in [5.41, 5.74) is 0. The van der Waals surface area contributed by atoms with Crippen molar-refractivity contribution in [1.29, 1.82) is 0 Å². The molecule has 2 N–H and O–H groups in total. The molecule has 0 saturated heterocycles. The molecule has 0 bridgehead atoms. The summed E-state index contributed by atoms with van der Waals surface area (Å²) < 4.78 is 8.98. The van der Waals surface area contributed by atoms with Gasteiger partial charge in [-0.25, -0.2) is 4.79 Å². The van der Waals surface area contributed by atoms with Gasteiger partial charge in [0, 0.05) is 0 Å². The van der Waals surface area contributed by atoms with Gasteiger partial charge in [0.25, 0.3) is 6.56 Å². The lowest BCUT2D eigenvalue weighted by atomic mass is 9.87. The quantitative estimate of drug-likeness (QED) is 0.626. The third-order valence-corrected chi connectivity index (χ3v) is 10.8. The highest BCUT2D eigenvalue weighted by molar-refractivity contribution is 8.74. The van der Waals surface area contributed by atoms with E-state index in [9.17, 15) is 19.8 Å². The molecule has 0 heterocycles. The first-order chi connectivity index (χ1) is 8.83. The molecule has 0 saturated carbocycles. The highest BCUT2D eigenvalue weighted by Gasteiger charge is 2.62. The van der Waals surface area contributed by atoms with E-state index in [0.717, 1.165) is 0 Å². The maximum Gasteiger partial charge on any atom is 0.334 e. The Balaban J connectivity index is 6.24. The first-order valence-electron chi connectivity index (χ1n) is 5.62.